The Hall–Kier alpha value is -1.11. The van der Waals surface area contributed by atoms with Gasteiger partial charge in [0.2, 0.25) is 0 Å². The summed E-state index contributed by atoms with van der Waals surface area (Å²) >= 11 is 0. The van der Waals surface area contributed by atoms with E-state index in [1.807, 2.05) is 12.1 Å². The zero-order valence-corrected chi connectivity index (χ0v) is 9.10. The number of hydrogen-bond donors (Lipinski definition) is 0. The van der Waals surface area contributed by atoms with Gasteiger partial charge in [-0.15, -0.1) is 0 Å². The highest BCUT2D eigenvalue weighted by Crippen LogP contribution is 2.25. The van der Waals surface area contributed by atoms with E-state index in [-0.39, 0.29) is 5.82 Å². The monoisotopic (exact) mass is 192 g/mol. The predicted molar refractivity (Wildman–Crippen MR) is 59.6 cm³/mol. The summed E-state index contributed by atoms with van der Waals surface area (Å²) in [5.74, 6) is -0.114. The molecule has 0 spiro atoms. The van der Waals surface area contributed by atoms with Gasteiger partial charge in [-0.2, -0.15) is 0 Å². The van der Waals surface area contributed by atoms with E-state index in [4.69, 9.17) is 0 Å². The zero-order valence-electron chi connectivity index (χ0n) is 9.10. The van der Waals surface area contributed by atoms with Crippen LogP contribution in [-0.2, 0) is 0 Å². The summed E-state index contributed by atoms with van der Waals surface area (Å²) in [6.07, 6.45) is 1.87. The molecule has 0 saturated carbocycles. The average molecular weight is 192 g/mol. The van der Waals surface area contributed by atoms with E-state index in [0.29, 0.717) is 0 Å². The molecule has 0 fully saturated rings. The first-order valence-electron chi connectivity index (χ1n) is 5.14. The highest BCUT2D eigenvalue weighted by atomic mass is 19.1. The lowest BCUT2D eigenvalue weighted by Gasteiger charge is -2.10. The van der Waals surface area contributed by atoms with Gasteiger partial charge in [0.05, 0.1) is 0 Å². The molecule has 0 saturated heterocycles. The third-order valence-corrected chi connectivity index (χ3v) is 2.60. The normalized spacial score (nSPS) is 12.6. The highest BCUT2D eigenvalue weighted by molar-refractivity contribution is 5.68. The summed E-state index contributed by atoms with van der Waals surface area (Å²) in [5, 5.41) is 0. The summed E-state index contributed by atoms with van der Waals surface area (Å²) < 4.78 is 13.5. The first-order chi connectivity index (χ1) is 6.70. The Morgan fingerprint density at radius 3 is 2.29 bits per heavy atom. The molecule has 0 nitrogen and oxygen atoms in total. The second-order valence-corrected chi connectivity index (χ2v) is 3.45. The van der Waals surface area contributed by atoms with Gasteiger partial charge in [0.15, 0.2) is 0 Å². The number of allylic oxidation sites excluding steroid dienone is 2. The minimum absolute atomic E-state index is 0.114. The van der Waals surface area contributed by atoms with Crippen molar-refractivity contribution in [3.8, 4) is 0 Å². The van der Waals surface area contributed by atoms with Gasteiger partial charge >= 0.3 is 0 Å². The van der Waals surface area contributed by atoms with E-state index in [1.165, 1.54) is 11.6 Å². The van der Waals surface area contributed by atoms with Crippen LogP contribution in [0.5, 0.6) is 0 Å². The molecule has 0 bridgehead atoms. The van der Waals surface area contributed by atoms with Crippen molar-refractivity contribution in [2.24, 2.45) is 0 Å². The van der Waals surface area contributed by atoms with Crippen LogP contribution < -0.4 is 0 Å². The third kappa shape index (κ3) is 2.22. The van der Waals surface area contributed by atoms with E-state index in [9.17, 15) is 4.39 Å². The van der Waals surface area contributed by atoms with Crippen LogP contribution in [0, 0.1) is 5.82 Å². The first kappa shape index (κ1) is 11.0. The lowest BCUT2D eigenvalue weighted by Crippen LogP contribution is -1.91. The maximum atomic E-state index is 13.5. The Morgan fingerprint density at radius 2 is 1.79 bits per heavy atom. The fraction of sp³-hybridized carbons (Fsp3) is 0.385. The summed E-state index contributed by atoms with van der Waals surface area (Å²) in [6, 6.07) is 6.99. The van der Waals surface area contributed by atoms with Gasteiger partial charge in [0.25, 0.3) is 0 Å². The largest absolute Gasteiger partial charge is 0.206 e. The van der Waals surface area contributed by atoms with Crippen LogP contribution in [0.25, 0.3) is 5.57 Å². The molecular weight excluding hydrogens is 175 g/mol. The number of halogens is 1. The summed E-state index contributed by atoms with van der Waals surface area (Å²) in [6.45, 7) is 6.25. The van der Waals surface area contributed by atoms with E-state index in [1.54, 1.807) is 6.07 Å². The van der Waals surface area contributed by atoms with Crippen LogP contribution >= 0.6 is 0 Å². The molecule has 0 aliphatic carbocycles. The van der Waals surface area contributed by atoms with Crippen molar-refractivity contribution in [3.63, 3.8) is 0 Å². The fourth-order valence-electron chi connectivity index (χ4n) is 1.64. The molecule has 14 heavy (non-hydrogen) atoms. The van der Waals surface area contributed by atoms with Crippen LogP contribution in [0.2, 0.25) is 0 Å². The lowest BCUT2D eigenvalue weighted by molar-refractivity contribution is 0.623. The van der Waals surface area contributed by atoms with Crippen LogP contribution in [0.1, 0.15) is 39.2 Å². The van der Waals surface area contributed by atoms with Crippen molar-refractivity contribution in [2.75, 3.05) is 0 Å². The van der Waals surface area contributed by atoms with Gasteiger partial charge in [0.1, 0.15) is 5.82 Å². The third-order valence-electron chi connectivity index (χ3n) is 2.60. The van der Waals surface area contributed by atoms with Gasteiger partial charge in [0, 0.05) is 5.56 Å². The Morgan fingerprint density at radius 1 is 1.14 bits per heavy atom. The van der Waals surface area contributed by atoms with Crippen LogP contribution in [0.15, 0.2) is 29.8 Å². The molecule has 0 aromatic heterocycles. The highest BCUT2D eigenvalue weighted by Gasteiger charge is 2.07. The second-order valence-electron chi connectivity index (χ2n) is 3.45. The van der Waals surface area contributed by atoms with Crippen molar-refractivity contribution < 1.29 is 4.39 Å². The molecule has 0 heterocycles. The first-order valence-corrected chi connectivity index (χ1v) is 5.14. The summed E-state index contributed by atoms with van der Waals surface area (Å²) in [7, 11) is 0. The number of benzene rings is 1. The van der Waals surface area contributed by atoms with Crippen molar-refractivity contribution in [3.05, 3.63) is 41.2 Å². The molecule has 0 aliphatic rings. The van der Waals surface area contributed by atoms with E-state index in [0.717, 1.165) is 24.0 Å². The molecular formula is C13H17F. The molecule has 0 atom stereocenters. The minimum atomic E-state index is -0.114. The molecule has 0 aliphatic heterocycles. The maximum absolute atomic E-state index is 13.5. The number of rotatable bonds is 3. The molecule has 0 N–H and O–H groups in total. The molecule has 76 valence electrons. The Kier molecular flexibility index (Phi) is 3.87. The van der Waals surface area contributed by atoms with E-state index >= 15 is 0 Å². The topological polar surface area (TPSA) is 0 Å². The standard InChI is InChI=1S/C13H17F/c1-4-10(3)11(5-2)12-8-6-7-9-13(12)14/h6-9H,4-5H2,1-3H3/b11-10-. The molecule has 1 rings (SSSR count). The predicted octanol–water partition coefficient (Wildman–Crippen LogP) is 4.42. The maximum Gasteiger partial charge on any atom is 0.130 e. The molecule has 1 aromatic carbocycles. The van der Waals surface area contributed by atoms with Gasteiger partial charge in [-0.3, -0.25) is 0 Å². The van der Waals surface area contributed by atoms with Crippen molar-refractivity contribution >= 4 is 5.57 Å². The Labute approximate surface area is 85.5 Å². The molecule has 0 unspecified atom stereocenters. The van der Waals surface area contributed by atoms with Crippen LogP contribution in [-0.4, -0.2) is 0 Å². The van der Waals surface area contributed by atoms with E-state index in [2.05, 4.69) is 20.8 Å². The van der Waals surface area contributed by atoms with Gasteiger partial charge < -0.3 is 0 Å². The zero-order chi connectivity index (χ0) is 10.6. The SMILES string of the molecule is CC/C(C)=C(/CC)c1ccccc1F. The van der Waals surface area contributed by atoms with Crippen LogP contribution in [0.3, 0.4) is 0 Å². The minimum Gasteiger partial charge on any atom is -0.206 e. The van der Waals surface area contributed by atoms with E-state index < -0.39 is 0 Å². The summed E-state index contributed by atoms with van der Waals surface area (Å²) in [4.78, 5) is 0. The van der Waals surface area contributed by atoms with Crippen molar-refractivity contribution in [1.82, 2.24) is 0 Å². The second kappa shape index (κ2) is 4.94. The molecule has 1 heteroatoms. The van der Waals surface area contributed by atoms with Crippen molar-refractivity contribution in [1.29, 1.82) is 0 Å². The lowest BCUT2D eigenvalue weighted by atomic mass is 9.97. The Balaban J connectivity index is 3.20. The average Bonchev–Trinajstić information content (AvgIpc) is 2.21. The smallest absolute Gasteiger partial charge is 0.130 e. The molecule has 1 aromatic rings. The van der Waals surface area contributed by atoms with Crippen molar-refractivity contribution in [2.45, 2.75) is 33.6 Å². The van der Waals surface area contributed by atoms with Gasteiger partial charge in [-0.1, -0.05) is 37.6 Å². The van der Waals surface area contributed by atoms with Gasteiger partial charge in [-0.05, 0) is 31.4 Å². The quantitative estimate of drug-likeness (QED) is 0.665. The Bertz CT molecular complexity index is 337. The fourth-order valence-corrected chi connectivity index (χ4v) is 1.64. The van der Waals surface area contributed by atoms with Crippen LogP contribution in [0.4, 0.5) is 4.39 Å². The molecule has 0 radical (unpaired) electrons. The summed E-state index contributed by atoms with van der Waals surface area (Å²) in [5.41, 5.74) is 3.18. The number of hydrogen-bond acceptors (Lipinski definition) is 0. The molecule has 0 amide bonds. The van der Waals surface area contributed by atoms with Gasteiger partial charge in [-0.25, -0.2) is 4.39 Å².